The molecular weight excluding hydrogens is 280 g/mol. The van der Waals surface area contributed by atoms with E-state index in [2.05, 4.69) is 71.0 Å². The Morgan fingerprint density at radius 2 is 1.05 bits per heavy atom. The van der Waals surface area contributed by atoms with E-state index in [0.29, 0.717) is 0 Å². The van der Waals surface area contributed by atoms with E-state index in [1.165, 1.54) is 33.6 Å². The molecule has 0 aliphatic carbocycles. The average molecular weight is 297 g/mol. The van der Waals surface area contributed by atoms with Crippen LogP contribution in [-0.4, -0.2) is 4.98 Å². The van der Waals surface area contributed by atoms with Crippen LogP contribution in [0.15, 0.2) is 60.7 Å². The Labute approximate surface area is 130 Å². The molecule has 0 saturated carbocycles. The number of halogens is 1. The summed E-state index contributed by atoms with van der Waals surface area (Å²) in [6.07, 6.45) is 0. The number of rotatable bonds is 2. The first-order valence-electron chi connectivity index (χ1n) is 6.99. The summed E-state index contributed by atoms with van der Waals surface area (Å²) in [6.45, 7) is 1.89. The lowest BCUT2D eigenvalue weighted by atomic mass is 10.0. The van der Waals surface area contributed by atoms with Crippen molar-refractivity contribution in [3.8, 4) is 22.5 Å². The van der Waals surface area contributed by atoms with Crippen molar-refractivity contribution >= 4 is 12.4 Å². The van der Waals surface area contributed by atoms with E-state index in [1.807, 2.05) is 0 Å². The Morgan fingerprint density at radius 3 is 1.48 bits per heavy atom. The number of hydrogen-bond acceptors (Lipinski definition) is 1. The molecule has 3 aromatic rings. The van der Waals surface area contributed by atoms with E-state index in [0.717, 1.165) is 13.1 Å². The van der Waals surface area contributed by atoms with Crippen LogP contribution >= 0.6 is 12.4 Å². The molecule has 0 bridgehead atoms. The molecule has 0 saturated heterocycles. The summed E-state index contributed by atoms with van der Waals surface area (Å²) in [5.41, 5.74) is 7.85. The van der Waals surface area contributed by atoms with E-state index >= 15 is 0 Å². The fraction of sp³-hybridized carbons (Fsp3) is 0.111. The molecule has 0 atom stereocenters. The van der Waals surface area contributed by atoms with Gasteiger partial charge in [0.2, 0.25) is 0 Å². The summed E-state index contributed by atoms with van der Waals surface area (Å²) in [5.74, 6) is 0. The third-order valence-electron chi connectivity index (χ3n) is 3.95. The molecule has 3 heteroatoms. The van der Waals surface area contributed by atoms with Gasteiger partial charge in [0, 0.05) is 13.1 Å². The van der Waals surface area contributed by atoms with Crippen molar-refractivity contribution in [2.45, 2.75) is 13.1 Å². The number of aromatic amines is 1. The fourth-order valence-electron chi connectivity index (χ4n) is 2.98. The molecule has 0 radical (unpaired) electrons. The van der Waals surface area contributed by atoms with Crippen molar-refractivity contribution in [1.82, 2.24) is 10.3 Å². The van der Waals surface area contributed by atoms with E-state index in [-0.39, 0.29) is 12.4 Å². The summed E-state index contributed by atoms with van der Waals surface area (Å²) >= 11 is 0. The van der Waals surface area contributed by atoms with Gasteiger partial charge in [-0.05, 0) is 22.3 Å². The number of nitrogens with one attached hydrogen (secondary N) is 2. The third kappa shape index (κ3) is 2.37. The normalized spacial score (nSPS) is 12.8. The summed E-state index contributed by atoms with van der Waals surface area (Å²) in [6, 6.07) is 21.1. The molecule has 2 nitrogen and oxygen atoms in total. The second-order valence-corrected chi connectivity index (χ2v) is 5.17. The number of hydrogen-bond donors (Lipinski definition) is 2. The van der Waals surface area contributed by atoms with Crippen molar-refractivity contribution in [2.75, 3.05) is 0 Å². The zero-order valence-electron chi connectivity index (χ0n) is 11.6. The molecular formula is C18H17ClN2. The number of benzene rings is 2. The number of H-pyrrole nitrogens is 1. The summed E-state index contributed by atoms with van der Waals surface area (Å²) in [4.78, 5) is 3.64. The van der Waals surface area contributed by atoms with Gasteiger partial charge in [-0.3, -0.25) is 0 Å². The molecule has 0 amide bonds. The molecule has 2 aromatic carbocycles. The Balaban J connectivity index is 0.00000132. The average Bonchev–Trinajstić information content (AvgIpc) is 3.11. The zero-order chi connectivity index (χ0) is 13.4. The monoisotopic (exact) mass is 296 g/mol. The molecule has 1 aliphatic heterocycles. The van der Waals surface area contributed by atoms with Gasteiger partial charge in [0.25, 0.3) is 0 Å². The first kappa shape index (κ1) is 13.9. The molecule has 2 heterocycles. The minimum Gasteiger partial charge on any atom is -0.354 e. The Morgan fingerprint density at radius 1 is 0.619 bits per heavy atom. The van der Waals surface area contributed by atoms with Crippen LogP contribution in [0.25, 0.3) is 22.5 Å². The van der Waals surface area contributed by atoms with Crippen molar-refractivity contribution in [2.24, 2.45) is 0 Å². The van der Waals surface area contributed by atoms with Gasteiger partial charge in [-0.2, -0.15) is 0 Å². The molecule has 21 heavy (non-hydrogen) atoms. The minimum absolute atomic E-state index is 0. The van der Waals surface area contributed by atoms with Gasteiger partial charge < -0.3 is 10.3 Å². The molecule has 0 spiro atoms. The van der Waals surface area contributed by atoms with E-state index in [1.54, 1.807) is 0 Å². The van der Waals surface area contributed by atoms with Gasteiger partial charge in [0.1, 0.15) is 0 Å². The lowest BCUT2D eigenvalue weighted by Crippen LogP contribution is -2.02. The standard InChI is InChI=1S/C18H16N2.ClH/c1-3-7-13(8-4-1)17-15-11-19-12-16(15)18(20-17)14-9-5-2-6-10-14;/h1-10,19-20H,11-12H2;1H. The first-order chi connectivity index (χ1) is 9.93. The molecule has 0 unspecified atom stereocenters. The Kier molecular flexibility index (Phi) is 3.82. The van der Waals surface area contributed by atoms with Crippen molar-refractivity contribution in [3.63, 3.8) is 0 Å². The highest BCUT2D eigenvalue weighted by Crippen LogP contribution is 2.36. The van der Waals surface area contributed by atoms with Crippen LogP contribution in [-0.2, 0) is 13.1 Å². The van der Waals surface area contributed by atoms with Crippen molar-refractivity contribution in [3.05, 3.63) is 71.8 Å². The third-order valence-corrected chi connectivity index (χ3v) is 3.95. The fourth-order valence-corrected chi connectivity index (χ4v) is 2.98. The molecule has 1 aliphatic rings. The van der Waals surface area contributed by atoms with Crippen LogP contribution in [0.1, 0.15) is 11.1 Å². The van der Waals surface area contributed by atoms with Gasteiger partial charge in [-0.25, -0.2) is 0 Å². The predicted molar refractivity (Wildman–Crippen MR) is 89.5 cm³/mol. The summed E-state index contributed by atoms with van der Waals surface area (Å²) in [5, 5.41) is 3.47. The van der Waals surface area contributed by atoms with Gasteiger partial charge in [-0.1, -0.05) is 60.7 Å². The van der Waals surface area contributed by atoms with Crippen LogP contribution < -0.4 is 5.32 Å². The molecule has 4 rings (SSSR count). The summed E-state index contributed by atoms with van der Waals surface area (Å²) in [7, 11) is 0. The van der Waals surface area contributed by atoms with Crippen LogP contribution in [0, 0.1) is 0 Å². The van der Waals surface area contributed by atoms with E-state index in [9.17, 15) is 0 Å². The predicted octanol–water partition coefficient (Wildman–Crippen LogP) is 4.37. The molecule has 2 N–H and O–H groups in total. The Hall–Kier alpha value is -2.03. The molecule has 106 valence electrons. The van der Waals surface area contributed by atoms with Gasteiger partial charge in [-0.15, -0.1) is 12.4 Å². The number of aromatic nitrogens is 1. The maximum Gasteiger partial charge on any atom is 0.0507 e. The van der Waals surface area contributed by atoms with Crippen molar-refractivity contribution < 1.29 is 0 Å². The van der Waals surface area contributed by atoms with Gasteiger partial charge in [0.15, 0.2) is 0 Å². The van der Waals surface area contributed by atoms with Crippen LogP contribution in [0.2, 0.25) is 0 Å². The first-order valence-corrected chi connectivity index (χ1v) is 6.99. The zero-order valence-corrected chi connectivity index (χ0v) is 12.4. The van der Waals surface area contributed by atoms with E-state index in [4.69, 9.17) is 0 Å². The highest BCUT2D eigenvalue weighted by Gasteiger charge is 2.22. The van der Waals surface area contributed by atoms with Crippen LogP contribution in [0.3, 0.4) is 0 Å². The Bertz CT molecular complexity index is 671. The quantitative estimate of drug-likeness (QED) is 0.722. The van der Waals surface area contributed by atoms with Crippen LogP contribution in [0.4, 0.5) is 0 Å². The topological polar surface area (TPSA) is 27.8 Å². The van der Waals surface area contributed by atoms with Gasteiger partial charge >= 0.3 is 0 Å². The van der Waals surface area contributed by atoms with Crippen LogP contribution in [0.5, 0.6) is 0 Å². The maximum atomic E-state index is 3.64. The smallest absolute Gasteiger partial charge is 0.0507 e. The highest BCUT2D eigenvalue weighted by molar-refractivity contribution is 5.85. The number of fused-ring (bicyclic) bond motifs is 1. The maximum absolute atomic E-state index is 3.64. The minimum atomic E-state index is 0. The SMILES string of the molecule is Cl.c1ccc(-c2[nH]c(-c3ccccc3)c3c2CNC3)cc1. The van der Waals surface area contributed by atoms with Crippen molar-refractivity contribution in [1.29, 1.82) is 0 Å². The van der Waals surface area contributed by atoms with E-state index < -0.39 is 0 Å². The summed E-state index contributed by atoms with van der Waals surface area (Å²) < 4.78 is 0. The van der Waals surface area contributed by atoms with Gasteiger partial charge in [0.05, 0.1) is 11.4 Å². The second kappa shape index (κ2) is 5.76. The lowest BCUT2D eigenvalue weighted by Gasteiger charge is -2.03. The lowest BCUT2D eigenvalue weighted by molar-refractivity contribution is 0.761. The highest BCUT2D eigenvalue weighted by atomic mass is 35.5. The molecule has 1 aromatic heterocycles. The molecule has 0 fully saturated rings. The largest absolute Gasteiger partial charge is 0.354 e. The second-order valence-electron chi connectivity index (χ2n) is 5.17.